The van der Waals surface area contributed by atoms with E-state index < -0.39 is 0 Å². The Hall–Kier alpha value is -3.54. The Bertz CT molecular complexity index is 869. The first kappa shape index (κ1) is 17.3. The number of carbonyl (C=O) groups is 1. The van der Waals surface area contributed by atoms with Gasteiger partial charge in [-0.1, -0.05) is 30.3 Å². The van der Waals surface area contributed by atoms with E-state index in [0.717, 1.165) is 5.75 Å². The van der Waals surface area contributed by atoms with Gasteiger partial charge in [-0.2, -0.15) is 0 Å². The lowest BCUT2D eigenvalue weighted by Crippen LogP contribution is -2.15. The molecule has 1 aromatic heterocycles. The van der Waals surface area contributed by atoms with Crippen molar-refractivity contribution in [2.24, 2.45) is 0 Å². The van der Waals surface area contributed by atoms with Crippen LogP contribution in [0, 0.1) is 0 Å². The number of nitrogens with zero attached hydrogens (tertiary/aromatic N) is 1. The number of hydrogen-bond donors (Lipinski definition) is 2. The molecule has 2 aromatic carbocycles. The van der Waals surface area contributed by atoms with Gasteiger partial charge in [0.25, 0.3) is 5.91 Å². The van der Waals surface area contributed by atoms with Gasteiger partial charge in [-0.3, -0.25) is 9.78 Å². The second-order valence-electron chi connectivity index (χ2n) is 5.43. The van der Waals surface area contributed by atoms with Crippen LogP contribution in [-0.2, 0) is 0 Å². The number of ether oxygens (including phenoxy) is 2. The Labute approximate surface area is 151 Å². The molecule has 1 heterocycles. The van der Waals surface area contributed by atoms with Crippen molar-refractivity contribution in [3.63, 3.8) is 0 Å². The topological polar surface area (TPSA) is 86.5 Å². The van der Waals surface area contributed by atoms with E-state index in [4.69, 9.17) is 15.2 Å². The van der Waals surface area contributed by atoms with Gasteiger partial charge in [-0.15, -0.1) is 0 Å². The number of nitrogens with one attached hydrogen (secondary N) is 1. The molecule has 0 spiro atoms. The van der Waals surface area contributed by atoms with Crippen LogP contribution in [-0.4, -0.2) is 24.1 Å². The maximum Gasteiger partial charge on any atom is 0.274 e. The molecule has 0 saturated heterocycles. The number of anilines is 2. The average molecular weight is 349 g/mol. The number of benzene rings is 2. The van der Waals surface area contributed by atoms with Gasteiger partial charge >= 0.3 is 0 Å². The molecule has 0 saturated carbocycles. The molecule has 26 heavy (non-hydrogen) atoms. The molecule has 0 bridgehead atoms. The lowest BCUT2D eigenvalue weighted by Gasteiger charge is -2.13. The summed E-state index contributed by atoms with van der Waals surface area (Å²) in [5.74, 6) is 0.987. The number of nitrogens with two attached hydrogens (primary N) is 1. The number of para-hydroxylation sites is 3. The first-order valence-corrected chi connectivity index (χ1v) is 8.15. The Morgan fingerprint density at radius 2 is 1.69 bits per heavy atom. The fourth-order valence-electron chi connectivity index (χ4n) is 2.28. The molecular formula is C20H19N3O3. The molecule has 0 aliphatic rings. The molecule has 6 nitrogen and oxygen atoms in total. The first-order valence-electron chi connectivity index (χ1n) is 8.15. The molecule has 0 radical (unpaired) electrons. The molecule has 3 N–H and O–H groups in total. The molecule has 3 rings (SSSR count). The average Bonchev–Trinajstić information content (AvgIpc) is 2.67. The number of amides is 1. The zero-order valence-corrected chi connectivity index (χ0v) is 14.1. The van der Waals surface area contributed by atoms with Crippen molar-refractivity contribution in [3.8, 4) is 11.5 Å². The maximum atomic E-state index is 12.3. The fraction of sp³-hybridized carbons (Fsp3) is 0.100. The molecule has 0 fully saturated rings. The molecule has 0 aliphatic heterocycles. The van der Waals surface area contributed by atoms with Crippen LogP contribution in [0.25, 0.3) is 0 Å². The van der Waals surface area contributed by atoms with Crippen molar-refractivity contribution in [3.05, 3.63) is 78.6 Å². The predicted octanol–water partition coefficient (Wildman–Crippen LogP) is 3.37. The quantitative estimate of drug-likeness (QED) is 0.639. The molecule has 1 amide bonds. The molecule has 0 atom stereocenters. The Morgan fingerprint density at radius 3 is 2.50 bits per heavy atom. The van der Waals surface area contributed by atoms with Crippen molar-refractivity contribution >= 4 is 17.3 Å². The number of nitrogen functional groups attached to an aromatic ring is 1. The zero-order chi connectivity index (χ0) is 18.2. The van der Waals surface area contributed by atoms with Gasteiger partial charge in [0.05, 0.1) is 5.69 Å². The molecule has 3 aromatic rings. The summed E-state index contributed by atoms with van der Waals surface area (Å²) in [5, 5.41) is 2.79. The van der Waals surface area contributed by atoms with Gasteiger partial charge in [0.2, 0.25) is 0 Å². The van der Waals surface area contributed by atoms with Crippen LogP contribution >= 0.6 is 0 Å². The van der Waals surface area contributed by atoms with Crippen molar-refractivity contribution in [2.75, 3.05) is 24.3 Å². The minimum absolute atomic E-state index is 0.243. The summed E-state index contributed by atoms with van der Waals surface area (Å²) in [5.41, 5.74) is 6.97. The normalized spacial score (nSPS) is 10.2. The number of aromatic nitrogens is 1. The highest BCUT2D eigenvalue weighted by molar-refractivity contribution is 6.04. The molecule has 132 valence electrons. The number of rotatable bonds is 7. The maximum absolute atomic E-state index is 12.3. The van der Waals surface area contributed by atoms with Crippen molar-refractivity contribution in [1.29, 1.82) is 0 Å². The van der Waals surface area contributed by atoms with Crippen LogP contribution in [0.2, 0.25) is 0 Å². The Kier molecular flexibility index (Phi) is 5.67. The summed E-state index contributed by atoms with van der Waals surface area (Å²) in [7, 11) is 0. The fourth-order valence-corrected chi connectivity index (χ4v) is 2.28. The van der Waals surface area contributed by atoms with Crippen LogP contribution in [0.4, 0.5) is 11.4 Å². The first-order chi connectivity index (χ1) is 12.7. The second-order valence-corrected chi connectivity index (χ2v) is 5.43. The second kappa shape index (κ2) is 8.53. The SMILES string of the molecule is Nc1ccnc(C(=O)Nc2ccccc2OCCOc2ccccc2)c1. The number of carbonyl (C=O) groups excluding carboxylic acids is 1. The van der Waals surface area contributed by atoms with Gasteiger partial charge in [-0.25, -0.2) is 0 Å². The Morgan fingerprint density at radius 1 is 0.962 bits per heavy atom. The third-order valence-corrected chi connectivity index (χ3v) is 3.50. The van der Waals surface area contributed by atoms with E-state index in [0.29, 0.717) is 30.3 Å². The van der Waals surface area contributed by atoms with Crippen LogP contribution < -0.4 is 20.5 Å². The van der Waals surface area contributed by atoms with Gasteiger partial charge in [0.15, 0.2) is 0 Å². The smallest absolute Gasteiger partial charge is 0.274 e. The van der Waals surface area contributed by atoms with E-state index >= 15 is 0 Å². The van der Waals surface area contributed by atoms with Gasteiger partial charge < -0.3 is 20.5 Å². The zero-order valence-electron chi connectivity index (χ0n) is 14.1. The van der Waals surface area contributed by atoms with E-state index in [-0.39, 0.29) is 11.6 Å². The number of pyridine rings is 1. The van der Waals surface area contributed by atoms with E-state index in [1.165, 1.54) is 12.3 Å². The molecular weight excluding hydrogens is 330 g/mol. The third kappa shape index (κ3) is 4.73. The summed E-state index contributed by atoms with van der Waals surface area (Å²) in [6.45, 7) is 0.737. The van der Waals surface area contributed by atoms with Crippen LogP contribution in [0.3, 0.4) is 0 Å². The third-order valence-electron chi connectivity index (χ3n) is 3.50. The van der Waals surface area contributed by atoms with E-state index in [1.807, 2.05) is 42.5 Å². The summed E-state index contributed by atoms with van der Waals surface area (Å²) >= 11 is 0. The lowest BCUT2D eigenvalue weighted by atomic mass is 10.2. The van der Waals surface area contributed by atoms with Crippen molar-refractivity contribution in [1.82, 2.24) is 4.98 Å². The standard InChI is InChI=1S/C20H19N3O3/c21-15-10-11-22-18(14-15)20(24)23-17-8-4-5-9-19(17)26-13-12-25-16-6-2-1-3-7-16/h1-11,14H,12-13H2,(H2,21,22)(H,23,24). The highest BCUT2D eigenvalue weighted by Crippen LogP contribution is 2.24. The van der Waals surface area contributed by atoms with E-state index in [2.05, 4.69) is 10.3 Å². The molecule has 0 aliphatic carbocycles. The molecule has 0 unspecified atom stereocenters. The summed E-state index contributed by atoms with van der Waals surface area (Å²) in [6.07, 6.45) is 1.49. The van der Waals surface area contributed by atoms with Crippen LogP contribution in [0.1, 0.15) is 10.5 Å². The van der Waals surface area contributed by atoms with Gasteiger partial charge in [0, 0.05) is 11.9 Å². The van der Waals surface area contributed by atoms with E-state index in [9.17, 15) is 4.79 Å². The largest absolute Gasteiger partial charge is 0.490 e. The van der Waals surface area contributed by atoms with Crippen molar-refractivity contribution < 1.29 is 14.3 Å². The summed E-state index contributed by atoms with van der Waals surface area (Å²) in [6, 6.07) is 19.8. The van der Waals surface area contributed by atoms with E-state index in [1.54, 1.807) is 18.2 Å². The van der Waals surface area contributed by atoms with Crippen LogP contribution in [0.15, 0.2) is 72.9 Å². The lowest BCUT2D eigenvalue weighted by molar-refractivity contribution is 0.102. The molecule has 6 heteroatoms. The highest BCUT2D eigenvalue weighted by Gasteiger charge is 2.11. The summed E-state index contributed by atoms with van der Waals surface area (Å²) in [4.78, 5) is 16.3. The number of hydrogen-bond acceptors (Lipinski definition) is 5. The monoisotopic (exact) mass is 349 g/mol. The minimum Gasteiger partial charge on any atom is -0.490 e. The van der Waals surface area contributed by atoms with Gasteiger partial charge in [-0.05, 0) is 36.4 Å². The van der Waals surface area contributed by atoms with Crippen LogP contribution in [0.5, 0.6) is 11.5 Å². The minimum atomic E-state index is -0.353. The van der Waals surface area contributed by atoms with Gasteiger partial charge in [0.1, 0.15) is 30.4 Å². The highest BCUT2D eigenvalue weighted by atomic mass is 16.5. The predicted molar refractivity (Wildman–Crippen MR) is 100 cm³/mol. The summed E-state index contributed by atoms with van der Waals surface area (Å²) < 4.78 is 11.3. The Balaban J connectivity index is 1.58. The van der Waals surface area contributed by atoms with Crippen molar-refractivity contribution in [2.45, 2.75) is 0 Å².